The Bertz CT molecular complexity index is 382. The average Bonchev–Trinajstić information content (AvgIpc) is 2.36. The molecule has 0 bridgehead atoms. The molecule has 100 valence electrons. The van der Waals surface area contributed by atoms with Gasteiger partial charge in [0.2, 0.25) is 0 Å². The fourth-order valence-corrected chi connectivity index (χ4v) is 0.916. The van der Waals surface area contributed by atoms with Crippen LogP contribution in [0.2, 0.25) is 0 Å². The number of hydrazine groups is 1. The minimum absolute atomic E-state index is 0. The van der Waals surface area contributed by atoms with Gasteiger partial charge in [0.25, 0.3) is 0 Å². The van der Waals surface area contributed by atoms with Gasteiger partial charge in [-0.05, 0) is 37.8 Å². The summed E-state index contributed by atoms with van der Waals surface area (Å²) in [7, 11) is 1.65. The monoisotopic (exact) mass is 269 g/mol. The summed E-state index contributed by atoms with van der Waals surface area (Å²) in [5.41, 5.74) is 4.22. The lowest BCUT2D eigenvalue weighted by atomic mass is 10.2. The van der Waals surface area contributed by atoms with Crippen molar-refractivity contribution >= 4 is 12.4 Å². The molecule has 0 aliphatic rings. The van der Waals surface area contributed by atoms with Gasteiger partial charge in [0.05, 0.1) is 6.61 Å². The van der Waals surface area contributed by atoms with Crippen LogP contribution in [0, 0.1) is 11.8 Å². The highest BCUT2D eigenvalue weighted by molar-refractivity contribution is 5.85. The smallest absolute Gasteiger partial charge is 0.0872 e. The van der Waals surface area contributed by atoms with E-state index in [-0.39, 0.29) is 12.4 Å². The summed E-state index contributed by atoms with van der Waals surface area (Å²) >= 11 is 0. The van der Waals surface area contributed by atoms with E-state index >= 15 is 0 Å². The minimum Gasteiger partial charge on any atom is -0.300 e. The molecule has 0 radical (unpaired) electrons. The molecule has 4 nitrogen and oxygen atoms in total. The number of hydrogen-bond donors (Lipinski definition) is 3. The van der Waals surface area contributed by atoms with E-state index < -0.39 is 0 Å². The molecule has 0 atom stereocenters. The largest absolute Gasteiger partial charge is 0.300 e. The average molecular weight is 270 g/mol. The van der Waals surface area contributed by atoms with Gasteiger partial charge in [-0.1, -0.05) is 30.0 Å². The number of hydrogen-bond acceptors (Lipinski definition) is 4. The van der Waals surface area contributed by atoms with E-state index in [1.54, 1.807) is 7.05 Å². The topological polar surface area (TPSA) is 73.3 Å². The van der Waals surface area contributed by atoms with Gasteiger partial charge in [0, 0.05) is 5.56 Å². The summed E-state index contributed by atoms with van der Waals surface area (Å²) < 4.78 is 0. The van der Waals surface area contributed by atoms with Gasteiger partial charge in [-0.2, -0.15) is 0 Å². The second kappa shape index (κ2) is 13.7. The first-order chi connectivity index (χ1) is 8.24. The van der Waals surface area contributed by atoms with Crippen LogP contribution >= 0.6 is 12.4 Å². The molecular weight excluding hydrogens is 250 g/mol. The Morgan fingerprint density at radius 3 is 2.44 bits per heavy atom. The normalized spacial score (nSPS) is 9.22. The highest BCUT2D eigenvalue weighted by atomic mass is 35.5. The van der Waals surface area contributed by atoms with Crippen molar-refractivity contribution in [3.63, 3.8) is 0 Å². The Morgan fingerprint density at radius 2 is 1.94 bits per heavy atom. The number of benzene rings is 1. The number of halogens is 1. The van der Waals surface area contributed by atoms with Crippen LogP contribution in [0.25, 0.3) is 0 Å². The molecule has 0 heterocycles. The van der Waals surface area contributed by atoms with E-state index in [9.17, 15) is 0 Å². The van der Waals surface area contributed by atoms with Crippen LogP contribution in [-0.2, 0) is 4.84 Å². The predicted molar refractivity (Wildman–Crippen MR) is 77.7 cm³/mol. The zero-order valence-electron chi connectivity index (χ0n) is 10.6. The van der Waals surface area contributed by atoms with Crippen LogP contribution in [-0.4, -0.2) is 13.7 Å². The summed E-state index contributed by atoms with van der Waals surface area (Å²) in [6, 6.07) is 9.84. The molecule has 1 aromatic carbocycles. The van der Waals surface area contributed by atoms with Crippen LogP contribution in [0.15, 0.2) is 42.0 Å². The first-order valence-electron chi connectivity index (χ1n) is 5.17. The molecule has 5 N–H and O–H groups in total. The first-order valence-corrected chi connectivity index (χ1v) is 5.17. The molecule has 18 heavy (non-hydrogen) atoms. The third kappa shape index (κ3) is 11.1. The molecule has 0 unspecified atom stereocenters. The van der Waals surface area contributed by atoms with Crippen LogP contribution in [0.1, 0.15) is 12.5 Å². The molecule has 0 spiro atoms. The van der Waals surface area contributed by atoms with Gasteiger partial charge >= 0.3 is 0 Å². The van der Waals surface area contributed by atoms with Gasteiger partial charge in [-0.3, -0.25) is 11.3 Å². The fourth-order valence-electron chi connectivity index (χ4n) is 0.916. The molecule has 0 aliphatic carbocycles. The van der Waals surface area contributed by atoms with E-state index in [0.717, 1.165) is 11.1 Å². The molecule has 0 aromatic heterocycles. The van der Waals surface area contributed by atoms with Crippen molar-refractivity contribution in [1.82, 2.24) is 5.43 Å². The lowest BCUT2D eigenvalue weighted by Gasteiger charge is -1.89. The molecule has 0 amide bonds. The SMILES string of the molecule is CC(C#Cc1ccccc1)=CCON.CNN.Cl. The van der Waals surface area contributed by atoms with Crippen molar-refractivity contribution in [2.75, 3.05) is 13.7 Å². The summed E-state index contributed by atoms with van der Waals surface area (Å²) in [4.78, 5) is 4.42. The van der Waals surface area contributed by atoms with Gasteiger partial charge in [-0.25, -0.2) is 5.90 Å². The summed E-state index contributed by atoms with van der Waals surface area (Å²) in [5.74, 6) is 15.5. The maximum absolute atomic E-state index is 4.89. The first kappa shape index (κ1) is 19.0. The number of rotatable bonds is 2. The second-order valence-corrected chi connectivity index (χ2v) is 3.13. The minimum atomic E-state index is 0. The molecular formula is C13H20ClN3O. The van der Waals surface area contributed by atoms with Gasteiger partial charge in [0.1, 0.15) is 0 Å². The molecule has 0 aliphatic heterocycles. The molecule has 1 rings (SSSR count). The third-order valence-electron chi connectivity index (χ3n) is 1.66. The fraction of sp³-hybridized carbons (Fsp3) is 0.231. The summed E-state index contributed by atoms with van der Waals surface area (Å²) in [5, 5.41) is 0. The van der Waals surface area contributed by atoms with Crippen molar-refractivity contribution in [2.24, 2.45) is 11.7 Å². The maximum Gasteiger partial charge on any atom is 0.0872 e. The van der Waals surface area contributed by atoms with E-state index in [0.29, 0.717) is 6.61 Å². The molecule has 0 fully saturated rings. The highest BCUT2D eigenvalue weighted by Gasteiger charge is 1.83. The predicted octanol–water partition coefficient (Wildman–Crippen LogP) is 1.38. The van der Waals surface area contributed by atoms with Crippen LogP contribution in [0.5, 0.6) is 0 Å². The molecule has 0 saturated carbocycles. The number of nitrogens with two attached hydrogens (primary N) is 2. The van der Waals surface area contributed by atoms with Gasteiger partial charge in [0.15, 0.2) is 0 Å². The van der Waals surface area contributed by atoms with E-state index in [1.807, 2.05) is 43.3 Å². The Morgan fingerprint density at radius 1 is 1.39 bits per heavy atom. The molecule has 0 saturated heterocycles. The van der Waals surface area contributed by atoms with Crippen molar-refractivity contribution in [2.45, 2.75) is 6.92 Å². The van der Waals surface area contributed by atoms with Crippen molar-refractivity contribution < 1.29 is 4.84 Å². The highest BCUT2D eigenvalue weighted by Crippen LogP contribution is 1.96. The lowest BCUT2D eigenvalue weighted by Crippen LogP contribution is -2.13. The Hall–Kier alpha value is -1.35. The summed E-state index contributed by atoms with van der Waals surface area (Å²) in [6.45, 7) is 2.32. The van der Waals surface area contributed by atoms with E-state index in [1.165, 1.54) is 0 Å². The zero-order valence-corrected chi connectivity index (χ0v) is 11.5. The van der Waals surface area contributed by atoms with Crippen LogP contribution < -0.4 is 17.2 Å². The lowest BCUT2D eigenvalue weighted by molar-refractivity contribution is 0.167. The number of allylic oxidation sites excluding steroid dienone is 1. The van der Waals surface area contributed by atoms with Crippen LogP contribution in [0.4, 0.5) is 0 Å². The van der Waals surface area contributed by atoms with E-state index in [4.69, 9.17) is 5.90 Å². The Labute approximate surface area is 115 Å². The number of nitrogens with one attached hydrogen (secondary N) is 1. The standard InChI is InChI=1S/C12H13NO.CH6N2.ClH/c1-11(9-10-14-13)7-8-12-5-3-2-4-6-12;1-3-2;/h2-6,9H,10,13H2,1H3;3H,2H2,1H3;1H. The van der Waals surface area contributed by atoms with Crippen molar-refractivity contribution in [3.05, 3.63) is 47.5 Å². The van der Waals surface area contributed by atoms with Gasteiger partial charge < -0.3 is 4.84 Å². The second-order valence-electron chi connectivity index (χ2n) is 3.13. The van der Waals surface area contributed by atoms with Crippen molar-refractivity contribution in [1.29, 1.82) is 0 Å². The quantitative estimate of drug-likeness (QED) is 0.431. The third-order valence-corrected chi connectivity index (χ3v) is 1.66. The van der Waals surface area contributed by atoms with E-state index in [2.05, 4.69) is 27.9 Å². The maximum atomic E-state index is 4.89. The van der Waals surface area contributed by atoms with Crippen molar-refractivity contribution in [3.8, 4) is 11.8 Å². The Kier molecular flexibility index (Phi) is 14.5. The Balaban J connectivity index is 0. The van der Waals surface area contributed by atoms with Crippen LogP contribution in [0.3, 0.4) is 0 Å². The van der Waals surface area contributed by atoms with Gasteiger partial charge in [-0.15, -0.1) is 12.4 Å². The molecule has 1 aromatic rings. The zero-order chi connectivity index (χ0) is 12.9. The summed E-state index contributed by atoms with van der Waals surface area (Å²) in [6.07, 6.45) is 1.84. The molecule has 5 heteroatoms.